The lowest BCUT2D eigenvalue weighted by Gasteiger charge is -2.16. The standard InChI is InChI=1S/C62H45N5/c1-2-12-46(13-3-1)53-34-37-65-61-54-33-32-49(41-59(54)67-58-19-7-6-18-57(58)66-62(67)60(53)61)51-14-4-5-15-52(51)50-39-44(22-20-42-24-28-47(29-25-42)55-16-8-10-35-63-55)38-45(40-50)23-21-43-26-30-48(31-27-43)56-17-9-11-36-64-56/h1-19,24-41H,20-23H2/i20D2,21D2,22D2,23D2. The number of hydrogen-bond acceptors (Lipinski definition) is 4. The van der Waals surface area contributed by atoms with Crippen molar-refractivity contribution in [1.82, 2.24) is 24.3 Å². The highest BCUT2D eigenvalue weighted by Crippen LogP contribution is 2.40. The average Bonchev–Trinajstić information content (AvgIpc) is 3.91. The molecule has 5 nitrogen and oxygen atoms in total. The van der Waals surface area contributed by atoms with Crippen LogP contribution < -0.4 is 0 Å². The molecule has 67 heavy (non-hydrogen) atoms. The summed E-state index contributed by atoms with van der Waals surface area (Å²) in [5, 5.41) is 1.82. The Bertz CT molecular complexity index is 3990. The lowest BCUT2D eigenvalue weighted by Crippen LogP contribution is -1.98. The van der Waals surface area contributed by atoms with Crippen LogP contribution in [-0.4, -0.2) is 24.3 Å². The number of fused-ring (bicyclic) bond motifs is 8. The molecule has 0 saturated carbocycles. The molecular formula is C62H45N5. The van der Waals surface area contributed by atoms with E-state index in [-0.39, 0.29) is 22.3 Å². The summed E-state index contributed by atoms with van der Waals surface area (Å²) in [7, 11) is 0. The van der Waals surface area contributed by atoms with Crippen molar-refractivity contribution >= 4 is 38.5 Å². The number of aromatic nitrogens is 5. The maximum absolute atomic E-state index is 9.72. The minimum atomic E-state index is -2.78. The van der Waals surface area contributed by atoms with Gasteiger partial charge in [-0.1, -0.05) is 158 Å². The second-order valence-corrected chi connectivity index (χ2v) is 16.4. The van der Waals surface area contributed by atoms with E-state index >= 15 is 0 Å². The summed E-state index contributed by atoms with van der Waals surface area (Å²) in [6, 6.07) is 62.5. The largest absolute Gasteiger partial charge is 0.292 e. The predicted molar refractivity (Wildman–Crippen MR) is 276 cm³/mol. The highest BCUT2D eigenvalue weighted by atomic mass is 15.0. The fraction of sp³-hybridized carbons (Fsp3) is 0.0645. The third-order valence-electron chi connectivity index (χ3n) is 12.2. The van der Waals surface area contributed by atoms with E-state index in [1.807, 2.05) is 115 Å². The summed E-state index contributed by atoms with van der Waals surface area (Å²) < 4.78 is 79.1. The Morgan fingerprint density at radius 2 is 0.940 bits per heavy atom. The molecule has 5 aromatic heterocycles. The Hall–Kier alpha value is -8.54. The van der Waals surface area contributed by atoms with Gasteiger partial charge in [0.15, 0.2) is 0 Å². The molecule has 0 radical (unpaired) electrons. The van der Waals surface area contributed by atoms with Gasteiger partial charge in [-0.05, 0) is 130 Å². The summed E-state index contributed by atoms with van der Waals surface area (Å²) in [6.45, 7) is 0. The highest BCUT2D eigenvalue weighted by Gasteiger charge is 2.19. The first-order chi connectivity index (χ1) is 36.2. The Labute approximate surface area is 401 Å². The number of pyridine rings is 4. The van der Waals surface area contributed by atoms with Gasteiger partial charge in [-0.2, -0.15) is 0 Å². The van der Waals surface area contributed by atoms with Crippen molar-refractivity contribution in [3.05, 3.63) is 247 Å². The molecule has 5 heteroatoms. The number of aryl methyl sites for hydroxylation is 4. The zero-order valence-electron chi connectivity index (χ0n) is 44.1. The predicted octanol–water partition coefficient (Wildman–Crippen LogP) is 14.9. The van der Waals surface area contributed by atoms with Crippen LogP contribution in [0, 0.1) is 0 Å². The van der Waals surface area contributed by atoms with E-state index in [0.29, 0.717) is 22.5 Å². The second-order valence-electron chi connectivity index (χ2n) is 16.4. The Morgan fingerprint density at radius 3 is 1.58 bits per heavy atom. The Balaban J connectivity index is 1.04. The lowest BCUT2D eigenvalue weighted by molar-refractivity contribution is 0.931. The van der Waals surface area contributed by atoms with Crippen LogP contribution in [-0.2, 0) is 25.5 Å². The van der Waals surface area contributed by atoms with E-state index < -0.39 is 25.5 Å². The van der Waals surface area contributed by atoms with Crippen LogP contribution in [0.15, 0.2) is 225 Å². The molecule has 0 fully saturated rings. The molecule has 0 aliphatic heterocycles. The molecule has 0 aliphatic rings. The van der Waals surface area contributed by atoms with Crippen LogP contribution in [0.2, 0.25) is 0 Å². The topological polar surface area (TPSA) is 56.0 Å². The summed E-state index contributed by atoms with van der Waals surface area (Å²) in [4.78, 5) is 19.0. The van der Waals surface area contributed by atoms with Crippen molar-refractivity contribution in [1.29, 1.82) is 0 Å². The lowest BCUT2D eigenvalue weighted by atomic mass is 9.89. The summed E-state index contributed by atoms with van der Waals surface area (Å²) in [6.07, 6.45) is -5.72. The average molecular weight is 868 g/mol. The molecule has 0 unspecified atom stereocenters. The maximum atomic E-state index is 9.72. The number of nitrogens with zero attached hydrogens (tertiary/aromatic N) is 5. The third-order valence-corrected chi connectivity index (χ3v) is 12.2. The van der Waals surface area contributed by atoms with Crippen molar-refractivity contribution in [2.24, 2.45) is 0 Å². The van der Waals surface area contributed by atoms with Gasteiger partial charge in [0.05, 0.1) is 38.8 Å². The van der Waals surface area contributed by atoms with Gasteiger partial charge in [0.2, 0.25) is 0 Å². The van der Waals surface area contributed by atoms with Gasteiger partial charge >= 0.3 is 0 Å². The smallest absolute Gasteiger partial charge is 0.148 e. The molecule has 5 heterocycles. The van der Waals surface area contributed by atoms with Gasteiger partial charge in [0.1, 0.15) is 5.65 Å². The SMILES string of the molecule is [2H]C([2H])(c1ccc(-c2ccccn2)cc1)C([2H])([2H])c1cc(-c2ccccc2-c2ccc3c4nccc(-c5ccccc5)c4c4nc5ccccc5n4c3c2)cc(C([2H])([2H])C([2H])([2H])c2ccc(-c3ccccn3)cc2)c1. The molecule has 0 aliphatic carbocycles. The van der Waals surface area contributed by atoms with Crippen molar-refractivity contribution in [2.45, 2.75) is 25.5 Å². The van der Waals surface area contributed by atoms with Gasteiger partial charge < -0.3 is 0 Å². The fourth-order valence-electron chi connectivity index (χ4n) is 8.99. The zero-order valence-corrected chi connectivity index (χ0v) is 36.1. The summed E-state index contributed by atoms with van der Waals surface area (Å²) in [5.41, 5.74) is 11.3. The van der Waals surface area contributed by atoms with Crippen LogP contribution >= 0.6 is 0 Å². The molecule has 0 amide bonds. The van der Waals surface area contributed by atoms with Crippen LogP contribution in [0.3, 0.4) is 0 Å². The van der Waals surface area contributed by atoms with E-state index in [0.717, 1.165) is 71.9 Å². The van der Waals surface area contributed by atoms with Gasteiger partial charge in [-0.15, -0.1) is 0 Å². The molecule has 7 aromatic carbocycles. The van der Waals surface area contributed by atoms with E-state index in [9.17, 15) is 11.0 Å². The number of hydrogen-bond donors (Lipinski definition) is 0. The van der Waals surface area contributed by atoms with Crippen molar-refractivity contribution in [3.63, 3.8) is 0 Å². The number of rotatable bonds is 11. The van der Waals surface area contributed by atoms with Gasteiger partial charge in [0.25, 0.3) is 0 Å². The van der Waals surface area contributed by atoms with Gasteiger partial charge in [-0.3, -0.25) is 19.4 Å². The molecule has 0 bridgehead atoms. The minimum absolute atomic E-state index is 0.0678. The zero-order chi connectivity index (χ0) is 51.7. The Kier molecular flexibility index (Phi) is 8.38. The van der Waals surface area contributed by atoms with Gasteiger partial charge in [-0.25, -0.2) is 4.98 Å². The summed E-state index contributed by atoms with van der Waals surface area (Å²) >= 11 is 0. The van der Waals surface area contributed by atoms with Crippen molar-refractivity contribution in [3.8, 4) is 55.9 Å². The van der Waals surface area contributed by atoms with Crippen molar-refractivity contribution < 1.29 is 11.0 Å². The summed E-state index contributed by atoms with van der Waals surface area (Å²) in [5.74, 6) is 0. The van der Waals surface area contributed by atoms with Crippen LogP contribution in [0.1, 0.15) is 33.2 Å². The number of benzene rings is 7. The highest BCUT2D eigenvalue weighted by molar-refractivity contribution is 6.17. The van der Waals surface area contributed by atoms with Crippen molar-refractivity contribution in [2.75, 3.05) is 0 Å². The third kappa shape index (κ3) is 7.81. The quantitative estimate of drug-likeness (QED) is 0.122. The fourth-order valence-corrected chi connectivity index (χ4v) is 8.99. The number of imidazole rings is 1. The van der Waals surface area contributed by atoms with Crippen LogP contribution in [0.25, 0.3) is 94.4 Å². The molecular weight excluding hydrogens is 815 g/mol. The van der Waals surface area contributed by atoms with E-state index in [4.69, 9.17) is 9.97 Å². The van der Waals surface area contributed by atoms with E-state index in [2.05, 4.69) is 44.7 Å². The van der Waals surface area contributed by atoms with E-state index in [1.54, 1.807) is 73.1 Å². The molecule has 0 spiro atoms. The first-order valence-electron chi connectivity index (χ1n) is 26.2. The Morgan fingerprint density at radius 1 is 0.373 bits per heavy atom. The monoisotopic (exact) mass is 867 g/mol. The number of para-hydroxylation sites is 2. The first-order valence-corrected chi connectivity index (χ1v) is 22.2. The molecule has 12 aromatic rings. The molecule has 12 rings (SSSR count). The van der Waals surface area contributed by atoms with E-state index in [1.165, 1.54) is 6.07 Å². The molecule has 318 valence electrons. The van der Waals surface area contributed by atoms with Crippen LogP contribution in [0.5, 0.6) is 0 Å². The first kappa shape index (κ1) is 32.2. The normalized spacial score (nSPS) is 14.1. The molecule has 0 atom stereocenters. The van der Waals surface area contributed by atoms with Gasteiger partial charge in [0, 0.05) is 46.1 Å². The van der Waals surface area contributed by atoms with Crippen LogP contribution in [0.4, 0.5) is 0 Å². The molecule has 0 N–H and O–H groups in total. The second kappa shape index (κ2) is 17.4. The minimum Gasteiger partial charge on any atom is -0.292 e. The molecule has 0 saturated heterocycles. The maximum Gasteiger partial charge on any atom is 0.148 e.